The Morgan fingerprint density at radius 1 is 1.35 bits per heavy atom. The molecule has 2 rings (SSSR count). The van der Waals surface area contributed by atoms with Gasteiger partial charge in [0.05, 0.1) is 25.5 Å². The highest BCUT2D eigenvalue weighted by Crippen LogP contribution is 2.31. The number of carbonyl (C=O) groups is 1. The van der Waals surface area contributed by atoms with E-state index in [4.69, 9.17) is 4.74 Å². The van der Waals surface area contributed by atoms with Crippen molar-refractivity contribution in [1.82, 2.24) is 10.3 Å². The molecule has 106 valence electrons. The zero-order chi connectivity index (χ0) is 14.4. The Balaban J connectivity index is 2.03. The van der Waals surface area contributed by atoms with Crippen LogP contribution in [0, 0.1) is 0 Å². The molecule has 1 aromatic carbocycles. The zero-order valence-electron chi connectivity index (χ0n) is 11.4. The number of thiazole rings is 1. The predicted molar refractivity (Wildman–Crippen MR) is 78.2 cm³/mol. The zero-order valence-corrected chi connectivity index (χ0v) is 12.2. The molecule has 6 heteroatoms. The Kier molecular flexibility index (Phi) is 4.95. The van der Waals surface area contributed by atoms with Crippen molar-refractivity contribution in [2.24, 2.45) is 0 Å². The van der Waals surface area contributed by atoms with Crippen molar-refractivity contribution in [3.63, 3.8) is 0 Å². The van der Waals surface area contributed by atoms with Crippen molar-refractivity contribution in [3.8, 4) is 16.3 Å². The number of nitrogens with one attached hydrogen (secondary N) is 1. The lowest BCUT2D eigenvalue weighted by Gasteiger charge is -2.04. The molecule has 1 heterocycles. The molecule has 0 aliphatic heterocycles. The SMILES string of the molecule is COC(=O)NCCc1csc(-c2ccccc2OC)n1. The van der Waals surface area contributed by atoms with E-state index < -0.39 is 6.09 Å². The van der Waals surface area contributed by atoms with Crippen LogP contribution in [-0.2, 0) is 11.2 Å². The minimum Gasteiger partial charge on any atom is -0.496 e. The van der Waals surface area contributed by atoms with Gasteiger partial charge in [-0.2, -0.15) is 0 Å². The number of alkyl carbamates (subject to hydrolysis) is 1. The van der Waals surface area contributed by atoms with Crippen molar-refractivity contribution in [3.05, 3.63) is 35.3 Å². The molecule has 0 fully saturated rings. The van der Waals surface area contributed by atoms with E-state index in [0.717, 1.165) is 22.0 Å². The summed E-state index contributed by atoms with van der Waals surface area (Å²) in [6.45, 7) is 0.502. The second-order valence-corrected chi connectivity index (χ2v) is 4.87. The van der Waals surface area contributed by atoms with E-state index >= 15 is 0 Å². The number of rotatable bonds is 5. The van der Waals surface area contributed by atoms with Crippen molar-refractivity contribution in [1.29, 1.82) is 0 Å². The number of amides is 1. The third kappa shape index (κ3) is 3.48. The van der Waals surface area contributed by atoms with Gasteiger partial charge in [-0.3, -0.25) is 0 Å². The number of carbonyl (C=O) groups excluding carboxylic acids is 1. The van der Waals surface area contributed by atoms with Crippen LogP contribution < -0.4 is 10.1 Å². The van der Waals surface area contributed by atoms with E-state index in [2.05, 4.69) is 15.0 Å². The van der Waals surface area contributed by atoms with Crippen LogP contribution in [0.3, 0.4) is 0 Å². The summed E-state index contributed by atoms with van der Waals surface area (Å²) in [7, 11) is 2.99. The van der Waals surface area contributed by atoms with E-state index in [1.807, 2.05) is 29.6 Å². The van der Waals surface area contributed by atoms with Crippen LogP contribution in [0.4, 0.5) is 4.79 Å². The number of ether oxygens (including phenoxy) is 2. The Labute approximate surface area is 121 Å². The molecule has 0 radical (unpaired) electrons. The molecular formula is C14H16N2O3S. The number of hydrogen-bond donors (Lipinski definition) is 1. The summed E-state index contributed by atoms with van der Waals surface area (Å²) in [6, 6.07) is 7.78. The first-order valence-corrected chi connectivity index (χ1v) is 7.02. The topological polar surface area (TPSA) is 60.5 Å². The van der Waals surface area contributed by atoms with E-state index in [1.165, 1.54) is 7.11 Å². The molecule has 0 unspecified atom stereocenters. The largest absolute Gasteiger partial charge is 0.496 e. The van der Waals surface area contributed by atoms with Crippen LogP contribution in [0.1, 0.15) is 5.69 Å². The Bertz CT molecular complexity index is 583. The van der Waals surface area contributed by atoms with E-state index in [1.54, 1.807) is 18.4 Å². The number of para-hydroxylation sites is 1. The first kappa shape index (κ1) is 14.3. The molecular weight excluding hydrogens is 276 g/mol. The van der Waals surface area contributed by atoms with Gasteiger partial charge >= 0.3 is 6.09 Å². The van der Waals surface area contributed by atoms with Crippen LogP contribution in [0.25, 0.3) is 10.6 Å². The lowest BCUT2D eigenvalue weighted by Crippen LogP contribution is -2.25. The monoisotopic (exact) mass is 292 g/mol. The van der Waals surface area contributed by atoms with Crippen LogP contribution in [0.2, 0.25) is 0 Å². The summed E-state index contributed by atoms with van der Waals surface area (Å²) in [4.78, 5) is 15.5. The van der Waals surface area contributed by atoms with Gasteiger partial charge in [0.1, 0.15) is 10.8 Å². The average molecular weight is 292 g/mol. The summed E-state index contributed by atoms with van der Waals surface area (Å²) in [5.74, 6) is 0.807. The lowest BCUT2D eigenvalue weighted by molar-refractivity contribution is 0.171. The van der Waals surface area contributed by atoms with Crippen LogP contribution in [-0.4, -0.2) is 31.8 Å². The standard InChI is InChI=1S/C14H16N2O3S/c1-18-12-6-4-3-5-11(12)13-16-10(9-20-13)7-8-15-14(17)19-2/h3-6,9H,7-8H2,1-2H3,(H,15,17). The minimum absolute atomic E-state index is 0.426. The summed E-state index contributed by atoms with van der Waals surface area (Å²) in [6.07, 6.45) is 0.242. The fourth-order valence-corrected chi connectivity index (χ4v) is 2.62. The molecule has 0 atom stereocenters. The molecule has 0 spiro atoms. The summed E-state index contributed by atoms with van der Waals surface area (Å²) in [5.41, 5.74) is 1.92. The molecule has 2 aromatic rings. The fraction of sp³-hybridized carbons (Fsp3) is 0.286. The third-order valence-corrected chi connectivity index (χ3v) is 3.65. The van der Waals surface area contributed by atoms with Crippen LogP contribution in [0.5, 0.6) is 5.75 Å². The summed E-state index contributed by atoms with van der Waals surface area (Å²) < 4.78 is 9.84. The average Bonchev–Trinajstić information content (AvgIpc) is 2.95. The van der Waals surface area contributed by atoms with Gasteiger partial charge in [0.15, 0.2) is 0 Å². The van der Waals surface area contributed by atoms with Gasteiger partial charge in [0, 0.05) is 18.3 Å². The van der Waals surface area contributed by atoms with Crippen molar-refractivity contribution >= 4 is 17.4 Å². The Hall–Kier alpha value is -2.08. The smallest absolute Gasteiger partial charge is 0.406 e. The van der Waals surface area contributed by atoms with Gasteiger partial charge in [-0.1, -0.05) is 12.1 Å². The van der Waals surface area contributed by atoms with Crippen LogP contribution >= 0.6 is 11.3 Å². The third-order valence-electron chi connectivity index (χ3n) is 2.73. The van der Waals surface area contributed by atoms with Gasteiger partial charge in [0.25, 0.3) is 0 Å². The van der Waals surface area contributed by atoms with E-state index in [-0.39, 0.29) is 0 Å². The highest BCUT2D eigenvalue weighted by molar-refractivity contribution is 7.13. The first-order valence-electron chi connectivity index (χ1n) is 6.14. The number of aromatic nitrogens is 1. The highest BCUT2D eigenvalue weighted by atomic mass is 32.1. The molecule has 5 nitrogen and oxygen atoms in total. The number of methoxy groups -OCH3 is 2. The lowest BCUT2D eigenvalue weighted by atomic mass is 10.2. The van der Waals surface area contributed by atoms with Gasteiger partial charge in [0.2, 0.25) is 0 Å². The molecule has 0 saturated heterocycles. The van der Waals surface area contributed by atoms with E-state index in [0.29, 0.717) is 13.0 Å². The summed E-state index contributed by atoms with van der Waals surface area (Å²) in [5, 5.41) is 5.53. The second kappa shape index (κ2) is 6.91. The highest BCUT2D eigenvalue weighted by Gasteiger charge is 2.09. The number of nitrogens with zero attached hydrogens (tertiary/aromatic N) is 1. The van der Waals surface area contributed by atoms with Crippen molar-refractivity contribution < 1.29 is 14.3 Å². The van der Waals surface area contributed by atoms with Gasteiger partial charge < -0.3 is 14.8 Å². The normalized spacial score (nSPS) is 10.1. The van der Waals surface area contributed by atoms with Crippen molar-refractivity contribution in [2.45, 2.75) is 6.42 Å². The first-order chi connectivity index (χ1) is 9.74. The Morgan fingerprint density at radius 3 is 2.90 bits per heavy atom. The van der Waals surface area contributed by atoms with E-state index in [9.17, 15) is 4.79 Å². The maximum absolute atomic E-state index is 10.9. The molecule has 1 aromatic heterocycles. The summed E-state index contributed by atoms with van der Waals surface area (Å²) >= 11 is 1.56. The quantitative estimate of drug-likeness (QED) is 0.920. The Morgan fingerprint density at radius 2 is 2.15 bits per heavy atom. The molecule has 20 heavy (non-hydrogen) atoms. The predicted octanol–water partition coefficient (Wildman–Crippen LogP) is 2.72. The fourth-order valence-electron chi connectivity index (χ4n) is 1.73. The molecule has 0 saturated carbocycles. The molecule has 0 bridgehead atoms. The molecule has 0 aliphatic carbocycles. The van der Waals surface area contributed by atoms with Crippen molar-refractivity contribution in [2.75, 3.05) is 20.8 Å². The number of benzene rings is 1. The van der Waals surface area contributed by atoms with Gasteiger partial charge in [-0.15, -0.1) is 11.3 Å². The van der Waals surface area contributed by atoms with Gasteiger partial charge in [-0.05, 0) is 12.1 Å². The maximum Gasteiger partial charge on any atom is 0.406 e. The molecule has 1 N–H and O–H groups in total. The van der Waals surface area contributed by atoms with Crippen LogP contribution in [0.15, 0.2) is 29.6 Å². The minimum atomic E-state index is -0.426. The molecule has 0 aliphatic rings. The maximum atomic E-state index is 10.9. The number of hydrogen-bond acceptors (Lipinski definition) is 5. The molecule has 1 amide bonds. The van der Waals surface area contributed by atoms with Gasteiger partial charge in [-0.25, -0.2) is 9.78 Å². The second-order valence-electron chi connectivity index (χ2n) is 4.01.